The molecule has 1 aliphatic rings. The van der Waals surface area contributed by atoms with Crippen molar-refractivity contribution in [3.8, 4) is 0 Å². The molecule has 0 N–H and O–H groups in total. The van der Waals surface area contributed by atoms with Crippen LogP contribution in [0.2, 0.25) is 0 Å². The quantitative estimate of drug-likeness (QED) is 0.519. The number of halogens is 8. The Morgan fingerprint density at radius 3 is 0.600 bits per heavy atom. The molecule has 0 aromatic heterocycles. The summed E-state index contributed by atoms with van der Waals surface area (Å²) in [4.78, 5) is 0. The Bertz CT molecular complexity index is 118. The predicted octanol–water partition coefficient (Wildman–Crippen LogP) is 5.07. The molecule has 0 unspecified atom stereocenters. The molecule has 1 saturated carbocycles. The molecule has 0 bridgehead atoms. The van der Waals surface area contributed by atoms with Crippen molar-refractivity contribution in [2.24, 2.45) is 0 Å². The normalized spacial score (nSPS) is 45.6. The van der Waals surface area contributed by atoms with Gasteiger partial charge in [-0.05, 0) is 0 Å². The molecule has 0 nitrogen and oxygen atoms in total. The smallest absolute Gasteiger partial charge is 0.0967 e. The molecule has 0 radical (unpaired) electrons. The molecule has 8 heteroatoms. The lowest BCUT2D eigenvalue weighted by Gasteiger charge is -2.37. The van der Waals surface area contributed by atoms with Gasteiger partial charge in [-0.3, -0.25) is 0 Å². The molecule has 0 saturated heterocycles. The summed E-state index contributed by atoms with van der Waals surface area (Å²) < 4.78 is 0. The van der Waals surface area contributed by atoms with Crippen LogP contribution in [0, 0.1) is 0 Å². The second-order valence-corrected chi connectivity index (χ2v) is 6.60. The summed E-state index contributed by atoms with van der Waals surface area (Å²) in [6.45, 7) is 0. The Labute approximate surface area is 129 Å². The van der Waals surface area contributed by atoms with Crippen LogP contribution in [0.3, 0.4) is 0 Å². The summed E-state index contributed by atoms with van der Waals surface area (Å²) >= 11 is 44.8. The van der Waals surface area contributed by atoms with Crippen molar-refractivity contribution in [2.75, 3.05) is 5.34 Å². The van der Waals surface area contributed by atoms with Crippen molar-refractivity contribution >= 4 is 92.8 Å². The third kappa shape index (κ3) is 4.83. The largest absolute Gasteiger partial charge is 0.120 e. The van der Waals surface area contributed by atoms with E-state index in [4.69, 9.17) is 92.8 Å². The first-order valence-corrected chi connectivity index (χ1v) is 7.53. The Morgan fingerprint density at radius 2 is 0.533 bits per heavy atom. The fourth-order valence-corrected chi connectivity index (χ4v) is 3.38. The van der Waals surface area contributed by atoms with Crippen LogP contribution in [0.4, 0.5) is 0 Å². The van der Waals surface area contributed by atoms with Crippen LogP contribution < -0.4 is 0 Å². The van der Waals surface area contributed by atoms with Crippen molar-refractivity contribution in [1.82, 2.24) is 0 Å². The van der Waals surface area contributed by atoms with Crippen LogP contribution in [0.25, 0.3) is 0 Å². The number of hydrogen-bond donors (Lipinski definition) is 0. The molecule has 1 aliphatic carbocycles. The summed E-state index contributed by atoms with van der Waals surface area (Å²) in [7, 11) is 0. The fourth-order valence-electron chi connectivity index (χ4n) is 1.05. The van der Waals surface area contributed by atoms with Gasteiger partial charge in [-0.25, -0.2) is 0 Å². The van der Waals surface area contributed by atoms with E-state index in [1.807, 2.05) is 0 Å². The second-order valence-electron chi connectivity index (χ2n) is 2.77. The number of rotatable bonds is 0. The SMILES string of the molecule is ClCCl.Cl[C@H]1[C@H](Cl)[C@@H](Cl)[C@@H](Cl)[C@H](Cl)[C@H]1Cl. The first-order valence-electron chi connectivity index (χ1n) is 3.84. The molecule has 0 aromatic carbocycles. The van der Waals surface area contributed by atoms with E-state index >= 15 is 0 Å². The molecular formula is C7H8Cl8. The van der Waals surface area contributed by atoms with Gasteiger partial charge in [-0.2, -0.15) is 0 Å². The van der Waals surface area contributed by atoms with Gasteiger partial charge in [-0.1, -0.05) is 0 Å². The van der Waals surface area contributed by atoms with Crippen molar-refractivity contribution in [1.29, 1.82) is 0 Å². The van der Waals surface area contributed by atoms with Crippen LogP contribution in [-0.2, 0) is 0 Å². The van der Waals surface area contributed by atoms with Gasteiger partial charge in [0.1, 0.15) is 0 Å². The van der Waals surface area contributed by atoms with Gasteiger partial charge in [0.2, 0.25) is 0 Å². The van der Waals surface area contributed by atoms with E-state index in [-0.39, 0.29) is 5.34 Å². The van der Waals surface area contributed by atoms with Crippen LogP contribution in [0.15, 0.2) is 0 Å². The van der Waals surface area contributed by atoms with Crippen LogP contribution >= 0.6 is 92.8 Å². The minimum absolute atomic E-state index is 0.194. The van der Waals surface area contributed by atoms with Crippen molar-refractivity contribution in [3.63, 3.8) is 0 Å². The maximum absolute atomic E-state index is 5.88. The molecule has 15 heavy (non-hydrogen) atoms. The van der Waals surface area contributed by atoms with E-state index in [1.54, 1.807) is 0 Å². The molecule has 1 rings (SSSR count). The van der Waals surface area contributed by atoms with Gasteiger partial charge in [-0.15, -0.1) is 92.8 Å². The molecule has 0 amide bonds. The number of alkyl halides is 8. The van der Waals surface area contributed by atoms with E-state index in [0.29, 0.717) is 0 Å². The lowest BCUT2D eigenvalue weighted by atomic mass is 9.97. The molecule has 1 fully saturated rings. The molecular weight excluding hydrogens is 368 g/mol. The van der Waals surface area contributed by atoms with Gasteiger partial charge < -0.3 is 0 Å². The summed E-state index contributed by atoms with van der Waals surface area (Å²) in [5, 5.41) is -2.43. The molecule has 0 atom stereocenters. The summed E-state index contributed by atoms with van der Waals surface area (Å²) in [6.07, 6.45) is 0. The van der Waals surface area contributed by atoms with Gasteiger partial charge >= 0.3 is 0 Å². The van der Waals surface area contributed by atoms with Crippen LogP contribution in [0.5, 0.6) is 0 Å². The highest BCUT2D eigenvalue weighted by atomic mass is 35.5. The van der Waals surface area contributed by atoms with Crippen LogP contribution in [0.1, 0.15) is 0 Å². The number of hydrogen-bond acceptors (Lipinski definition) is 0. The highest BCUT2D eigenvalue weighted by molar-refractivity contribution is 6.45. The average Bonchev–Trinajstić information content (AvgIpc) is 2.22. The zero-order valence-corrected chi connectivity index (χ0v) is 13.2. The highest BCUT2D eigenvalue weighted by Gasteiger charge is 2.46. The molecule has 0 aliphatic heterocycles. The topological polar surface area (TPSA) is 0 Å². The third-order valence-electron chi connectivity index (χ3n) is 1.83. The van der Waals surface area contributed by atoms with Crippen molar-refractivity contribution in [2.45, 2.75) is 32.3 Å². The lowest BCUT2D eigenvalue weighted by molar-refractivity contribution is 0.544. The van der Waals surface area contributed by atoms with Crippen molar-refractivity contribution in [3.05, 3.63) is 0 Å². The Hall–Kier alpha value is 2.32. The summed E-state index contributed by atoms with van der Waals surface area (Å²) in [5.41, 5.74) is 0. The second kappa shape index (κ2) is 8.43. The maximum atomic E-state index is 5.88. The van der Waals surface area contributed by atoms with Crippen molar-refractivity contribution < 1.29 is 0 Å². The minimum Gasteiger partial charge on any atom is -0.120 e. The van der Waals surface area contributed by atoms with E-state index in [1.165, 1.54) is 0 Å². The molecule has 0 spiro atoms. The van der Waals surface area contributed by atoms with E-state index in [2.05, 4.69) is 0 Å². The van der Waals surface area contributed by atoms with Gasteiger partial charge in [0.05, 0.1) is 37.6 Å². The Balaban J connectivity index is 0.000000583. The van der Waals surface area contributed by atoms with Gasteiger partial charge in [0, 0.05) is 0 Å². The predicted molar refractivity (Wildman–Crippen MR) is 74.4 cm³/mol. The molecule has 92 valence electrons. The third-order valence-corrected chi connectivity index (χ3v) is 5.86. The monoisotopic (exact) mass is 372 g/mol. The molecule has 0 aromatic rings. The van der Waals surface area contributed by atoms with E-state index in [0.717, 1.165) is 0 Å². The zero-order valence-electron chi connectivity index (χ0n) is 7.19. The summed E-state index contributed by atoms with van der Waals surface area (Å²) in [5.74, 6) is 0. The van der Waals surface area contributed by atoms with E-state index < -0.39 is 32.3 Å². The zero-order chi connectivity index (χ0) is 12.2. The minimum atomic E-state index is -0.437. The average molecular weight is 376 g/mol. The first-order chi connectivity index (χ1) is 6.88. The fraction of sp³-hybridized carbons (Fsp3) is 1.00. The van der Waals surface area contributed by atoms with Gasteiger partial charge in [0.25, 0.3) is 0 Å². The maximum Gasteiger partial charge on any atom is 0.0967 e. The standard InChI is InChI=1S/C6H6Cl6.CH2Cl2/c7-1-2(8)4(10)6(12)5(11)3(1)9;2-1-3/h1-6H;1H2/t1-,2-,3-,4+,5+,6+;. The van der Waals surface area contributed by atoms with E-state index in [9.17, 15) is 0 Å². The summed E-state index contributed by atoms with van der Waals surface area (Å²) in [6, 6.07) is 0. The highest BCUT2D eigenvalue weighted by Crippen LogP contribution is 2.39. The Morgan fingerprint density at radius 1 is 0.467 bits per heavy atom. The lowest BCUT2D eigenvalue weighted by Crippen LogP contribution is -2.52. The van der Waals surface area contributed by atoms with Crippen LogP contribution in [-0.4, -0.2) is 37.6 Å². The molecule has 0 heterocycles. The first kappa shape index (κ1) is 17.3. The van der Waals surface area contributed by atoms with Gasteiger partial charge in [0.15, 0.2) is 0 Å². The Kier molecular flexibility index (Phi) is 9.73.